The quantitative estimate of drug-likeness (QED) is 0.592. The summed E-state index contributed by atoms with van der Waals surface area (Å²) in [5, 5.41) is 3.94. The smallest absolute Gasteiger partial charge is 0.248 e. The lowest BCUT2D eigenvalue weighted by atomic mass is 10.1. The number of carbonyl (C=O) groups excluding carboxylic acids is 1. The molecule has 1 aliphatic rings. The first-order valence-electron chi connectivity index (χ1n) is 10.5. The Morgan fingerprint density at radius 1 is 1.12 bits per heavy atom. The molecule has 2 aromatic carbocycles. The minimum absolute atomic E-state index is 0.232. The van der Waals surface area contributed by atoms with E-state index in [0.29, 0.717) is 17.2 Å². The van der Waals surface area contributed by atoms with Gasteiger partial charge in [0.05, 0.1) is 33.0 Å². The van der Waals surface area contributed by atoms with Crippen molar-refractivity contribution in [3.63, 3.8) is 0 Å². The van der Waals surface area contributed by atoms with Gasteiger partial charge in [-0.3, -0.25) is 4.79 Å². The lowest BCUT2D eigenvalue weighted by molar-refractivity contribution is -0.111. The minimum Gasteiger partial charge on any atom is -0.493 e. The number of aromatic nitrogens is 1. The number of hydrogen-bond acceptors (Lipinski definition) is 6. The highest BCUT2D eigenvalue weighted by Gasteiger charge is 2.14. The number of hydrogen-bond donors (Lipinski definition) is 1. The molecule has 0 saturated carbocycles. The summed E-state index contributed by atoms with van der Waals surface area (Å²) in [4.78, 5) is 19.6. The van der Waals surface area contributed by atoms with Crippen LogP contribution in [0.3, 0.4) is 0 Å². The largest absolute Gasteiger partial charge is 0.493 e. The summed E-state index contributed by atoms with van der Waals surface area (Å²) < 4.78 is 16.1. The molecule has 7 heteroatoms. The number of nitrogens with zero attached hydrogens (tertiary/aromatic N) is 2. The Kier molecular flexibility index (Phi) is 6.56. The molecule has 1 aromatic heterocycles. The number of aryl methyl sites for hydroxylation is 1. The van der Waals surface area contributed by atoms with Crippen LogP contribution in [0.4, 0.5) is 11.5 Å². The van der Waals surface area contributed by atoms with Crippen molar-refractivity contribution in [3.8, 4) is 11.5 Å². The SMILES string of the molecule is COc1cccc(/C=C/C(=O)Nc2ccc3nc(N4CCOCC4)cc(C)c3c2)c1OC. The van der Waals surface area contributed by atoms with Crippen molar-refractivity contribution < 1.29 is 19.0 Å². The molecule has 0 spiro atoms. The van der Waals surface area contributed by atoms with Gasteiger partial charge in [-0.15, -0.1) is 0 Å². The molecule has 1 N–H and O–H groups in total. The predicted octanol–water partition coefficient (Wildman–Crippen LogP) is 4.05. The zero-order chi connectivity index (χ0) is 22.5. The van der Waals surface area contributed by atoms with Gasteiger partial charge in [-0.2, -0.15) is 0 Å². The average molecular weight is 434 g/mol. The van der Waals surface area contributed by atoms with Gasteiger partial charge in [0.1, 0.15) is 5.82 Å². The third-order valence-corrected chi connectivity index (χ3v) is 5.45. The highest BCUT2D eigenvalue weighted by molar-refractivity contribution is 6.03. The van der Waals surface area contributed by atoms with Crippen molar-refractivity contribution in [3.05, 3.63) is 59.7 Å². The molecule has 7 nitrogen and oxygen atoms in total. The average Bonchev–Trinajstić information content (AvgIpc) is 2.83. The summed E-state index contributed by atoms with van der Waals surface area (Å²) in [6.07, 6.45) is 3.19. The van der Waals surface area contributed by atoms with Crippen molar-refractivity contribution in [2.45, 2.75) is 6.92 Å². The second-order valence-corrected chi connectivity index (χ2v) is 7.53. The maximum atomic E-state index is 12.5. The summed E-state index contributed by atoms with van der Waals surface area (Å²) >= 11 is 0. The zero-order valence-corrected chi connectivity index (χ0v) is 18.6. The molecule has 0 bridgehead atoms. The number of methoxy groups -OCH3 is 2. The van der Waals surface area contributed by atoms with Crippen molar-refractivity contribution in [1.82, 2.24) is 4.98 Å². The maximum Gasteiger partial charge on any atom is 0.248 e. The predicted molar refractivity (Wildman–Crippen MR) is 127 cm³/mol. The number of anilines is 2. The van der Waals surface area contributed by atoms with Crippen LogP contribution in [0, 0.1) is 6.92 Å². The number of morpholine rings is 1. The second-order valence-electron chi connectivity index (χ2n) is 7.53. The molecule has 166 valence electrons. The van der Waals surface area contributed by atoms with E-state index in [-0.39, 0.29) is 5.91 Å². The Bertz CT molecular complexity index is 1150. The van der Waals surface area contributed by atoms with E-state index >= 15 is 0 Å². The van der Waals surface area contributed by atoms with E-state index in [1.165, 1.54) is 6.08 Å². The fourth-order valence-corrected chi connectivity index (χ4v) is 3.80. The molecule has 4 rings (SSSR count). The molecule has 1 aliphatic heterocycles. The summed E-state index contributed by atoms with van der Waals surface area (Å²) in [6, 6.07) is 13.4. The lowest BCUT2D eigenvalue weighted by Gasteiger charge is -2.28. The number of benzene rings is 2. The van der Waals surface area contributed by atoms with Crippen LogP contribution in [0.5, 0.6) is 11.5 Å². The Hall–Kier alpha value is -3.58. The van der Waals surface area contributed by atoms with Gasteiger partial charge in [-0.05, 0) is 48.9 Å². The van der Waals surface area contributed by atoms with Crippen LogP contribution in [0.1, 0.15) is 11.1 Å². The third kappa shape index (κ3) is 4.68. The molecular weight excluding hydrogens is 406 g/mol. The highest BCUT2D eigenvalue weighted by atomic mass is 16.5. The number of ether oxygens (including phenoxy) is 3. The van der Waals surface area contributed by atoms with Crippen molar-refractivity contribution in [2.24, 2.45) is 0 Å². The zero-order valence-electron chi connectivity index (χ0n) is 18.6. The van der Waals surface area contributed by atoms with Crippen LogP contribution in [0.2, 0.25) is 0 Å². The van der Waals surface area contributed by atoms with Crippen LogP contribution < -0.4 is 19.7 Å². The van der Waals surface area contributed by atoms with Crippen LogP contribution in [-0.2, 0) is 9.53 Å². The van der Waals surface area contributed by atoms with E-state index in [1.807, 2.05) is 36.4 Å². The molecule has 0 unspecified atom stereocenters. The number of carbonyl (C=O) groups is 1. The normalized spacial score (nSPS) is 14.0. The first kappa shape index (κ1) is 21.6. The van der Waals surface area contributed by atoms with Gasteiger partial charge in [-0.25, -0.2) is 4.98 Å². The highest BCUT2D eigenvalue weighted by Crippen LogP contribution is 2.31. The Morgan fingerprint density at radius 2 is 1.94 bits per heavy atom. The van der Waals surface area contributed by atoms with E-state index in [0.717, 1.165) is 54.2 Å². The molecule has 1 fully saturated rings. The fraction of sp³-hybridized carbons (Fsp3) is 0.280. The standard InChI is InChI=1S/C25H27N3O4/c1-17-15-23(28-11-13-32-14-12-28)27-21-9-8-19(16-20(17)21)26-24(29)10-7-18-5-4-6-22(30-2)25(18)31-3/h4-10,15-16H,11-14H2,1-3H3,(H,26,29)/b10-7+. The number of nitrogens with one attached hydrogen (secondary N) is 1. The number of amides is 1. The fourth-order valence-electron chi connectivity index (χ4n) is 3.80. The molecular formula is C25H27N3O4. The number of pyridine rings is 1. The van der Waals surface area contributed by atoms with Crippen LogP contribution >= 0.6 is 0 Å². The van der Waals surface area contributed by atoms with E-state index < -0.39 is 0 Å². The number of fused-ring (bicyclic) bond motifs is 1. The minimum atomic E-state index is -0.232. The van der Waals surface area contributed by atoms with E-state index in [2.05, 4.69) is 23.2 Å². The van der Waals surface area contributed by atoms with Crippen LogP contribution in [0.15, 0.2) is 48.5 Å². The monoisotopic (exact) mass is 433 g/mol. The Labute approximate surface area is 187 Å². The molecule has 3 aromatic rings. The lowest BCUT2D eigenvalue weighted by Crippen LogP contribution is -2.36. The van der Waals surface area contributed by atoms with Gasteiger partial charge in [0.2, 0.25) is 5.91 Å². The molecule has 0 radical (unpaired) electrons. The van der Waals surface area contributed by atoms with Crippen molar-refractivity contribution >= 4 is 34.4 Å². The van der Waals surface area contributed by atoms with E-state index in [1.54, 1.807) is 20.3 Å². The number of para-hydroxylation sites is 1. The van der Waals surface area contributed by atoms with Gasteiger partial charge in [-0.1, -0.05) is 12.1 Å². The molecule has 0 atom stereocenters. The van der Waals surface area contributed by atoms with E-state index in [9.17, 15) is 4.79 Å². The van der Waals surface area contributed by atoms with Gasteiger partial charge < -0.3 is 24.4 Å². The summed E-state index contributed by atoms with van der Waals surface area (Å²) in [5.41, 5.74) is 3.50. The van der Waals surface area contributed by atoms with Gasteiger partial charge >= 0.3 is 0 Å². The van der Waals surface area contributed by atoms with Gasteiger partial charge in [0.15, 0.2) is 11.5 Å². The van der Waals surface area contributed by atoms with Crippen LogP contribution in [-0.4, -0.2) is 51.4 Å². The molecule has 1 saturated heterocycles. The summed E-state index contributed by atoms with van der Waals surface area (Å²) in [5.74, 6) is 1.93. The summed E-state index contributed by atoms with van der Waals surface area (Å²) in [7, 11) is 3.16. The van der Waals surface area contributed by atoms with Gasteiger partial charge in [0, 0.05) is 35.8 Å². The molecule has 0 aliphatic carbocycles. The van der Waals surface area contributed by atoms with Crippen molar-refractivity contribution in [2.75, 3.05) is 50.7 Å². The topological polar surface area (TPSA) is 72.9 Å². The van der Waals surface area contributed by atoms with Gasteiger partial charge in [0.25, 0.3) is 0 Å². The molecule has 32 heavy (non-hydrogen) atoms. The Balaban J connectivity index is 1.51. The Morgan fingerprint density at radius 3 is 2.69 bits per heavy atom. The number of rotatable bonds is 6. The molecule has 2 heterocycles. The van der Waals surface area contributed by atoms with E-state index in [4.69, 9.17) is 19.2 Å². The van der Waals surface area contributed by atoms with Crippen LogP contribution in [0.25, 0.3) is 17.0 Å². The second kappa shape index (κ2) is 9.70. The van der Waals surface area contributed by atoms with Crippen molar-refractivity contribution in [1.29, 1.82) is 0 Å². The maximum absolute atomic E-state index is 12.5. The first-order chi connectivity index (χ1) is 15.6. The first-order valence-corrected chi connectivity index (χ1v) is 10.5. The summed E-state index contributed by atoms with van der Waals surface area (Å²) in [6.45, 7) is 5.19. The third-order valence-electron chi connectivity index (χ3n) is 5.45. The molecule has 1 amide bonds.